The van der Waals surface area contributed by atoms with Crippen LogP contribution in [0, 0.1) is 0 Å². The van der Waals surface area contributed by atoms with Gasteiger partial charge in [-0.25, -0.2) is 0 Å². The van der Waals surface area contributed by atoms with Crippen molar-refractivity contribution >= 4 is 77.5 Å². The summed E-state index contributed by atoms with van der Waals surface area (Å²) in [5, 5.41) is 7.45. The lowest BCUT2D eigenvalue weighted by Crippen LogP contribution is -2.15. The molecule has 0 radical (unpaired) electrons. The average Bonchev–Trinajstić information content (AvgIpc) is 3.93. The van der Waals surface area contributed by atoms with E-state index in [4.69, 9.17) is 0 Å². The van der Waals surface area contributed by atoms with Gasteiger partial charge in [-0.3, -0.25) is 0 Å². The first-order valence-electron chi connectivity index (χ1n) is 25.7. The maximum absolute atomic E-state index is 2.46. The van der Waals surface area contributed by atoms with Crippen LogP contribution in [-0.2, 0) is 5.41 Å². The topological polar surface area (TPSA) is 11.4 Å². The van der Waals surface area contributed by atoms with Crippen LogP contribution in [0.1, 0.15) is 25.0 Å². The van der Waals surface area contributed by atoms with Crippen molar-refractivity contribution in [3.05, 3.63) is 284 Å². The zero-order valence-corrected chi connectivity index (χ0v) is 41.3. The van der Waals surface area contributed by atoms with Gasteiger partial charge in [-0.15, -0.1) is 0 Å². The minimum Gasteiger partial charge on any atom is -0.310 e. The van der Waals surface area contributed by atoms with Crippen LogP contribution in [-0.4, -0.2) is 4.57 Å². The molecule has 74 heavy (non-hydrogen) atoms. The van der Waals surface area contributed by atoms with Crippen molar-refractivity contribution in [2.45, 2.75) is 19.3 Å². The Hall–Kier alpha value is -9.44. The molecule has 350 valence electrons. The van der Waals surface area contributed by atoms with Gasteiger partial charge in [-0.05, 0) is 152 Å². The lowest BCUT2D eigenvalue weighted by atomic mass is 9.80. The molecule has 0 N–H and O–H groups in total. The standard InChI is InChI=1S/C71H51N3/c1-71(2)67-41-35-52(45-65(67)63-39-33-50-21-15-17-29-61(50)69(63)71)53-43-59(72(54-23-9-4-10-24-54)55-25-11-5-12-26-55)46-60(44-53)73(56-27-13-6-14-28-56)58-38-42-68-66(47-58)64-40-34-51-22-16-18-30-62(51)70(64)74(68)57-36-31-49(32-37-57)48-19-7-3-8-20-48/h3-47H,1-2H3. The van der Waals surface area contributed by atoms with Crippen LogP contribution in [0.3, 0.4) is 0 Å². The summed E-state index contributed by atoms with van der Waals surface area (Å²) in [6, 6.07) is 100. The molecule has 0 unspecified atom stereocenters. The summed E-state index contributed by atoms with van der Waals surface area (Å²) in [6.07, 6.45) is 0. The molecule has 0 atom stereocenters. The van der Waals surface area contributed by atoms with Crippen molar-refractivity contribution in [1.82, 2.24) is 4.57 Å². The number of hydrogen-bond acceptors (Lipinski definition) is 2. The molecular weight excluding hydrogens is 895 g/mol. The second kappa shape index (κ2) is 17.4. The van der Waals surface area contributed by atoms with Gasteiger partial charge in [0, 0.05) is 61.4 Å². The Kier molecular flexibility index (Phi) is 10.2. The molecule has 0 bridgehead atoms. The average molecular weight is 946 g/mol. The van der Waals surface area contributed by atoms with E-state index in [2.05, 4.69) is 301 Å². The van der Waals surface area contributed by atoms with Gasteiger partial charge in [0.1, 0.15) is 0 Å². The Morgan fingerprint density at radius 1 is 0.311 bits per heavy atom. The monoisotopic (exact) mass is 945 g/mol. The predicted octanol–water partition coefficient (Wildman–Crippen LogP) is 19.7. The molecule has 14 rings (SSSR count). The van der Waals surface area contributed by atoms with Crippen molar-refractivity contribution < 1.29 is 0 Å². The van der Waals surface area contributed by atoms with Crippen LogP contribution >= 0.6 is 0 Å². The van der Waals surface area contributed by atoms with E-state index in [1.165, 1.54) is 76.8 Å². The first-order valence-corrected chi connectivity index (χ1v) is 25.7. The molecule has 0 saturated carbocycles. The molecule has 0 spiro atoms. The molecule has 1 aliphatic rings. The van der Waals surface area contributed by atoms with Gasteiger partial charge in [-0.1, -0.05) is 196 Å². The quantitative estimate of drug-likeness (QED) is 0.143. The van der Waals surface area contributed by atoms with Crippen molar-refractivity contribution in [3.63, 3.8) is 0 Å². The normalized spacial score (nSPS) is 12.6. The van der Waals surface area contributed by atoms with E-state index in [0.717, 1.165) is 50.9 Å². The van der Waals surface area contributed by atoms with Crippen molar-refractivity contribution in [1.29, 1.82) is 0 Å². The first kappa shape index (κ1) is 43.4. The third kappa shape index (κ3) is 7.11. The van der Waals surface area contributed by atoms with Gasteiger partial charge in [0.05, 0.1) is 11.0 Å². The van der Waals surface area contributed by atoms with E-state index in [1.54, 1.807) is 0 Å². The van der Waals surface area contributed by atoms with Crippen LogP contribution in [0.4, 0.5) is 34.1 Å². The number of para-hydroxylation sites is 3. The van der Waals surface area contributed by atoms with Crippen molar-refractivity contribution in [2.24, 2.45) is 0 Å². The first-order chi connectivity index (χ1) is 36.5. The smallest absolute Gasteiger partial charge is 0.0619 e. The Balaban J connectivity index is 0.998. The zero-order valence-electron chi connectivity index (χ0n) is 41.3. The molecule has 13 aromatic rings. The van der Waals surface area contributed by atoms with Crippen LogP contribution < -0.4 is 9.80 Å². The minimum absolute atomic E-state index is 0.155. The fourth-order valence-corrected chi connectivity index (χ4v) is 12.1. The van der Waals surface area contributed by atoms with Gasteiger partial charge in [0.2, 0.25) is 0 Å². The fourth-order valence-electron chi connectivity index (χ4n) is 12.1. The van der Waals surface area contributed by atoms with E-state index in [0.29, 0.717) is 0 Å². The van der Waals surface area contributed by atoms with Gasteiger partial charge < -0.3 is 14.4 Å². The summed E-state index contributed by atoms with van der Waals surface area (Å²) >= 11 is 0. The highest BCUT2D eigenvalue weighted by Gasteiger charge is 2.37. The van der Waals surface area contributed by atoms with E-state index in [-0.39, 0.29) is 5.41 Å². The Morgan fingerprint density at radius 3 is 1.49 bits per heavy atom. The second-order valence-corrected chi connectivity index (χ2v) is 20.1. The van der Waals surface area contributed by atoms with Crippen LogP contribution in [0.5, 0.6) is 0 Å². The molecule has 0 aliphatic heterocycles. The highest BCUT2D eigenvalue weighted by Crippen LogP contribution is 2.53. The minimum atomic E-state index is -0.155. The highest BCUT2D eigenvalue weighted by atomic mass is 15.2. The van der Waals surface area contributed by atoms with Gasteiger partial charge in [0.25, 0.3) is 0 Å². The number of nitrogens with zero attached hydrogens (tertiary/aromatic N) is 3. The summed E-state index contributed by atoms with van der Waals surface area (Å²) in [6.45, 7) is 4.77. The molecular formula is C71H51N3. The van der Waals surface area contributed by atoms with Gasteiger partial charge >= 0.3 is 0 Å². The van der Waals surface area contributed by atoms with E-state index < -0.39 is 0 Å². The number of hydrogen-bond donors (Lipinski definition) is 0. The maximum atomic E-state index is 2.46. The lowest BCUT2D eigenvalue weighted by molar-refractivity contribution is 0.666. The van der Waals surface area contributed by atoms with Gasteiger partial charge in [-0.2, -0.15) is 0 Å². The Bertz CT molecular complexity index is 4210. The SMILES string of the molecule is CC1(C)c2ccc(-c3cc(N(c4ccccc4)c4ccccc4)cc(N(c4ccccc4)c4ccc5c(c4)c4ccc6ccccc6c4n5-c4ccc(-c5ccccc5)cc4)c3)cc2-c2ccc3ccccc3c21. The molecule has 3 heteroatoms. The summed E-state index contributed by atoms with van der Waals surface area (Å²) < 4.78 is 2.46. The third-order valence-electron chi connectivity index (χ3n) is 15.5. The lowest BCUT2D eigenvalue weighted by Gasteiger charge is -2.30. The molecule has 0 fully saturated rings. The third-order valence-corrected chi connectivity index (χ3v) is 15.5. The largest absolute Gasteiger partial charge is 0.310 e. The van der Waals surface area contributed by atoms with E-state index in [9.17, 15) is 0 Å². The molecule has 3 nitrogen and oxygen atoms in total. The molecule has 0 amide bonds. The summed E-state index contributed by atoms with van der Waals surface area (Å²) in [7, 11) is 0. The zero-order chi connectivity index (χ0) is 49.3. The van der Waals surface area contributed by atoms with E-state index >= 15 is 0 Å². The maximum Gasteiger partial charge on any atom is 0.0619 e. The number of fused-ring (bicyclic) bond motifs is 10. The summed E-state index contributed by atoms with van der Waals surface area (Å²) in [4.78, 5) is 4.83. The Morgan fingerprint density at radius 2 is 0.838 bits per heavy atom. The van der Waals surface area contributed by atoms with Crippen LogP contribution in [0.2, 0.25) is 0 Å². The highest BCUT2D eigenvalue weighted by molar-refractivity contribution is 6.19. The number of benzene rings is 12. The molecule has 1 aliphatic carbocycles. The summed E-state index contributed by atoms with van der Waals surface area (Å²) in [5.74, 6) is 0. The second-order valence-electron chi connectivity index (χ2n) is 20.1. The fraction of sp³-hybridized carbons (Fsp3) is 0.0423. The van der Waals surface area contributed by atoms with Gasteiger partial charge in [0.15, 0.2) is 0 Å². The number of rotatable bonds is 9. The van der Waals surface area contributed by atoms with Crippen molar-refractivity contribution in [3.8, 4) is 39.1 Å². The molecule has 1 heterocycles. The van der Waals surface area contributed by atoms with Crippen LogP contribution in [0.25, 0.3) is 82.4 Å². The number of anilines is 6. The predicted molar refractivity (Wildman–Crippen MR) is 314 cm³/mol. The molecule has 0 saturated heterocycles. The molecule has 1 aromatic heterocycles. The number of aromatic nitrogens is 1. The van der Waals surface area contributed by atoms with Crippen molar-refractivity contribution in [2.75, 3.05) is 9.80 Å². The summed E-state index contributed by atoms with van der Waals surface area (Å²) in [5.41, 5.74) is 19.8. The Labute approximate surface area is 432 Å². The van der Waals surface area contributed by atoms with E-state index in [1.807, 2.05) is 0 Å². The van der Waals surface area contributed by atoms with Crippen LogP contribution in [0.15, 0.2) is 273 Å². The molecule has 12 aromatic carbocycles.